The molecule has 0 amide bonds. The van der Waals surface area contributed by atoms with Crippen LogP contribution < -0.4 is 10.1 Å². The maximum atomic E-state index is 14.4. The predicted molar refractivity (Wildman–Crippen MR) is 83.0 cm³/mol. The van der Waals surface area contributed by atoms with Gasteiger partial charge in [-0.05, 0) is 49.6 Å². The van der Waals surface area contributed by atoms with Crippen LogP contribution in [0.1, 0.15) is 24.0 Å². The number of aromatic nitrogens is 1. The van der Waals surface area contributed by atoms with Crippen molar-refractivity contribution < 1.29 is 9.13 Å². The largest absolute Gasteiger partial charge is 0.436 e. The van der Waals surface area contributed by atoms with E-state index in [2.05, 4.69) is 26.2 Å². The summed E-state index contributed by atoms with van der Waals surface area (Å²) in [6.07, 6.45) is 3.93. The van der Waals surface area contributed by atoms with Crippen LogP contribution >= 0.6 is 15.9 Å². The van der Waals surface area contributed by atoms with Crippen molar-refractivity contribution in [3.8, 4) is 11.6 Å². The minimum Gasteiger partial charge on any atom is -0.436 e. The highest BCUT2D eigenvalue weighted by Crippen LogP contribution is 2.28. The van der Waals surface area contributed by atoms with E-state index in [1.165, 1.54) is 12.8 Å². The lowest BCUT2D eigenvalue weighted by molar-refractivity contribution is 0.417. The Morgan fingerprint density at radius 2 is 2.19 bits per heavy atom. The van der Waals surface area contributed by atoms with Crippen molar-refractivity contribution in [3.05, 3.63) is 51.9 Å². The Labute approximate surface area is 131 Å². The van der Waals surface area contributed by atoms with E-state index in [0.717, 1.165) is 10.0 Å². The minimum absolute atomic E-state index is 0.0202. The Hall–Kier alpha value is -1.46. The van der Waals surface area contributed by atoms with Gasteiger partial charge in [0.1, 0.15) is 5.75 Å². The average molecular weight is 351 g/mol. The van der Waals surface area contributed by atoms with Gasteiger partial charge in [0.05, 0.1) is 0 Å². The molecule has 0 unspecified atom stereocenters. The number of rotatable bonds is 5. The predicted octanol–water partition coefficient (Wildman–Crippen LogP) is 4.34. The molecule has 110 valence electrons. The van der Waals surface area contributed by atoms with Crippen molar-refractivity contribution in [2.24, 2.45) is 0 Å². The summed E-state index contributed by atoms with van der Waals surface area (Å²) in [5.74, 6) is 0.201. The molecule has 1 saturated carbocycles. The number of nitrogens with one attached hydrogen (secondary N) is 1. The summed E-state index contributed by atoms with van der Waals surface area (Å²) in [5.41, 5.74) is 1.61. The first-order valence-electron chi connectivity index (χ1n) is 6.94. The number of pyridine rings is 1. The third-order valence-electron chi connectivity index (χ3n) is 3.44. The van der Waals surface area contributed by atoms with Crippen LogP contribution in [0.4, 0.5) is 4.39 Å². The zero-order valence-corrected chi connectivity index (χ0v) is 13.3. The van der Waals surface area contributed by atoms with E-state index >= 15 is 0 Å². The number of ether oxygens (including phenoxy) is 1. The van der Waals surface area contributed by atoms with E-state index in [0.29, 0.717) is 23.9 Å². The summed E-state index contributed by atoms with van der Waals surface area (Å²) in [5, 5.41) is 3.29. The molecule has 1 fully saturated rings. The van der Waals surface area contributed by atoms with Gasteiger partial charge in [-0.1, -0.05) is 15.9 Å². The molecule has 0 atom stereocenters. The van der Waals surface area contributed by atoms with Crippen LogP contribution in [0.25, 0.3) is 0 Å². The van der Waals surface area contributed by atoms with Crippen molar-refractivity contribution in [3.63, 3.8) is 0 Å². The van der Waals surface area contributed by atoms with Gasteiger partial charge in [0.15, 0.2) is 5.82 Å². The standard InChI is InChI=1S/C16H16BrFN2O/c1-10-8-13(4-5-14(10)17)21-16-15(18)11(6-7-19-16)9-20-12-2-3-12/h4-8,12,20H,2-3,9H2,1H3. The van der Waals surface area contributed by atoms with Gasteiger partial charge in [0.25, 0.3) is 5.88 Å². The second-order valence-corrected chi connectivity index (χ2v) is 6.11. The normalized spacial score (nSPS) is 14.2. The van der Waals surface area contributed by atoms with Crippen LogP contribution in [0.15, 0.2) is 34.9 Å². The Kier molecular flexibility index (Phi) is 4.22. The molecule has 1 heterocycles. The van der Waals surface area contributed by atoms with Gasteiger partial charge in [0.2, 0.25) is 0 Å². The lowest BCUT2D eigenvalue weighted by atomic mass is 10.2. The molecule has 2 aromatic rings. The molecule has 3 nitrogen and oxygen atoms in total. The zero-order chi connectivity index (χ0) is 14.8. The molecular formula is C16H16BrFN2O. The van der Waals surface area contributed by atoms with E-state index in [1.54, 1.807) is 18.3 Å². The Morgan fingerprint density at radius 1 is 1.38 bits per heavy atom. The monoisotopic (exact) mass is 350 g/mol. The van der Waals surface area contributed by atoms with E-state index < -0.39 is 5.82 Å². The fraction of sp³-hybridized carbons (Fsp3) is 0.312. The van der Waals surface area contributed by atoms with Crippen LogP contribution in [0.3, 0.4) is 0 Å². The number of hydrogen-bond donors (Lipinski definition) is 1. The SMILES string of the molecule is Cc1cc(Oc2nccc(CNC3CC3)c2F)ccc1Br. The van der Waals surface area contributed by atoms with E-state index in [-0.39, 0.29) is 5.88 Å². The molecule has 0 aliphatic heterocycles. The first-order chi connectivity index (χ1) is 10.1. The van der Waals surface area contributed by atoms with Gasteiger partial charge < -0.3 is 10.1 Å². The summed E-state index contributed by atoms with van der Waals surface area (Å²) in [6.45, 7) is 2.46. The quantitative estimate of drug-likeness (QED) is 0.870. The van der Waals surface area contributed by atoms with Crippen molar-refractivity contribution in [2.45, 2.75) is 32.4 Å². The first-order valence-corrected chi connectivity index (χ1v) is 7.73. The Balaban J connectivity index is 1.77. The summed E-state index contributed by atoms with van der Waals surface area (Å²) in [6, 6.07) is 7.73. The molecule has 1 aromatic heterocycles. The first kappa shape index (κ1) is 14.5. The van der Waals surface area contributed by atoms with Crippen molar-refractivity contribution in [1.29, 1.82) is 0 Å². The summed E-state index contributed by atoms with van der Waals surface area (Å²) < 4.78 is 20.9. The molecule has 0 saturated heterocycles. The van der Waals surface area contributed by atoms with Crippen LogP contribution in [0.5, 0.6) is 11.6 Å². The molecule has 5 heteroatoms. The molecule has 1 aliphatic carbocycles. The molecular weight excluding hydrogens is 335 g/mol. The fourth-order valence-electron chi connectivity index (χ4n) is 2.00. The molecule has 1 aliphatic rings. The van der Waals surface area contributed by atoms with Crippen molar-refractivity contribution >= 4 is 15.9 Å². The highest BCUT2D eigenvalue weighted by atomic mass is 79.9. The van der Waals surface area contributed by atoms with Gasteiger partial charge in [0, 0.05) is 28.8 Å². The summed E-state index contributed by atoms with van der Waals surface area (Å²) >= 11 is 3.43. The lowest BCUT2D eigenvalue weighted by Gasteiger charge is -2.10. The number of hydrogen-bond acceptors (Lipinski definition) is 3. The second kappa shape index (κ2) is 6.12. The molecule has 1 N–H and O–H groups in total. The van der Waals surface area contributed by atoms with Crippen LogP contribution in [0.2, 0.25) is 0 Å². The van der Waals surface area contributed by atoms with Crippen LogP contribution in [-0.2, 0) is 6.54 Å². The topological polar surface area (TPSA) is 34.1 Å². The lowest BCUT2D eigenvalue weighted by Crippen LogP contribution is -2.16. The molecule has 0 radical (unpaired) electrons. The molecule has 21 heavy (non-hydrogen) atoms. The van der Waals surface area contributed by atoms with Gasteiger partial charge >= 0.3 is 0 Å². The number of nitrogens with zero attached hydrogens (tertiary/aromatic N) is 1. The van der Waals surface area contributed by atoms with E-state index in [4.69, 9.17) is 4.74 Å². The highest BCUT2D eigenvalue weighted by molar-refractivity contribution is 9.10. The van der Waals surface area contributed by atoms with Crippen molar-refractivity contribution in [1.82, 2.24) is 10.3 Å². The zero-order valence-electron chi connectivity index (χ0n) is 11.7. The van der Waals surface area contributed by atoms with Crippen molar-refractivity contribution in [2.75, 3.05) is 0 Å². The Morgan fingerprint density at radius 3 is 2.90 bits per heavy atom. The summed E-state index contributed by atoms with van der Waals surface area (Å²) in [7, 11) is 0. The third-order valence-corrected chi connectivity index (χ3v) is 4.33. The third kappa shape index (κ3) is 3.60. The fourth-order valence-corrected chi connectivity index (χ4v) is 2.25. The number of halogens is 2. The van der Waals surface area contributed by atoms with E-state index in [1.807, 2.05) is 19.1 Å². The smallest absolute Gasteiger partial charge is 0.256 e. The second-order valence-electron chi connectivity index (χ2n) is 5.26. The minimum atomic E-state index is -0.397. The van der Waals surface area contributed by atoms with Crippen LogP contribution in [-0.4, -0.2) is 11.0 Å². The number of aryl methyl sites for hydroxylation is 1. The Bertz CT molecular complexity index is 659. The molecule has 0 bridgehead atoms. The molecule has 1 aromatic carbocycles. The van der Waals surface area contributed by atoms with E-state index in [9.17, 15) is 4.39 Å². The van der Waals surface area contributed by atoms with Crippen LogP contribution in [0, 0.1) is 12.7 Å². The molecule has 3 rings (SSSR count). The van der Waals surface area contributed by atoms with Gasteiger partial charge in [-0.2, -0.15) is 0 Å². The van der Waals surface area contributed by atoms with Gasteiger partial charge in [-0.25, -0.2) is 9.37 Å². The van der Waals surface area contributed by atoms with Gasteiger partial charge in [-0.3, -0.25) is 0 Å². The molecule has 0 spiro atoms. The number of benzene rings is 1. The summed E-state index contributed by atoms with van der Waals surface area (Å²) in [4.78, 5) is 3.99. The maximum Gasteiger partial charge on any atom is 0.256 e. The highest BCUT2D eigenvalue weighted by Gasteiger charge is 2.21. The van der Waals surface area contributed by atoms with Gasteiger partial charge in [-0.15, -0.1) is 0 Å². The average Bonchev–Trinajstić information content (AvgIpc) is 3.28. The maximum absolute atomic E-state index is 14.4.